The Morgan fingerprint density at radius 3 is 2.52 bits per heavy atom. The third-order valence-electron chi connectivity index (χ3n) is 6.30. The van der Waals surface area contributed by atoms with Crippen LogP contribution in [0.25, 0.3) is 10.1 Å². The van der Waals surface area contributed by atoms with Crippen molar-refractivity contribution in [1.29, 1.82) is 0 Å². The summed E-state index contributed by atoms with van der Waals surface area (Å²) in [5.41, 5.74) is 1.24. The summed E-state index contributed by atoms with van der Waals surface area (Å²) in [6.07, 6.45) is 4.48. The molecule has 3 amide bonds. The standard InChI is InChI=1S/C20H25N5O2S.CH2O2/c26-19(22-16-12-24-9-5-13(16)6-10-24)18-15-4-3-14(11-17(15)28-23-18)21-20(27)25-7-1-2-8-25;2-1-3/h3-4,11,13,16H,1-2,5-10,12H2,(H,21,27)(H,22,26);1H,(H,2,3)/t16-;/m1./s1. The van der Waals surface area contributed by atoms with Gasteiger partial charge in [0.1, 0.15) is 5.69 Å². The molecule has 1 aromatic heterocycles. The summed E-state index contributed by atoms with van der Waals surface area (Å²) in [6, 6.07) is 5.83. The second-order valence-corrected chi connectivity index (χ2v) is 8.99. The number of benzene rings is 1. The number of carbonyl (C=O) groups excluding carboxylic acids is 2. The van der Waals surface area contributed by atoms with Gasteiger partial charge in [0.15, 0.2) is 0 Å². The molecule has 9 nitrogen and oxygen atoms in total. The van der Waals surface area contributed by atoms with Gasteiger partial charge in [-0.05, 0) is 74.4 Å². The van der Waals surface area contributed by atoms with Crippen LogP contribution in [0.2, 0.25) is 0 Å². The number of carbonyl (C=O) groups is 3. The molecule has 4 fully saturated rings. The van der Waals surface area contributed by atoms with Gasteiger partial charge in [-0.2, -0.15) is 4.37 Å². The maximum atomic E-state index is 12.8. The van der Waals surface area contributed by atoms with Crippen LogP contribution in [-0.4, -0.2) is 76.5 Å². The summed E-state index contributed by atoms with van der Waals surface area (Å²) < 4.78 is 5.33. The molecule has 4 aliphatic heterocycles. The molecule has 3 N–H and O–H groups in total. The summed E-state index contributed by atoms with van der Waals surface area (Å²) in [5, 5.41) is 13.9. The number of anilines is 1. The van der Waals surface area contributed by atoms with E-state index in [9.17, 15) is 9.59 Å². The summed E-state index contributed by atoms with van der Waals surface area (Å²) in [5.74, 6) is 0.505. The number of rotatable bonds is 3. The largest absolute Gasteiger partial charge is 0.483 e. The van der Waals surface area contributed by atoms with Crippen LogP contribution in [0.15, 0.2) is 18.2 Å². The van der Waals surface area contributed by atoms with E-state index in [4.69, 9.17) is 9.90 Å². The van der Waals surface area contributed by atoms with Gasteiger partial charge in [0.2, 0.25) is 0 Å². The van der Waals surface area contributed by atoms with Gasteiger partial charge in [-0.25, -0.2) is 4.79 Å². The molecule has 1 atom stereocenters. The number of likely N-dealkylation sites (tertiary alicyclic amines) is 1. The lowest BCUT2D eigenvalue weighted by Gasteiger charge is -2.44. The van der Waals surface area contributed by atoms with Crippen LogP contribution >= 0.6 is 11.5 Å². The average Bonchev–Trinajstić information content (AvgIpc) is 3.45. The highest BCUT2D eigenvalue weighted by atomic mass is 32.1. The quantitative estimate of drug-likeness (QED) is 0.625. The van der Waals surface area contributed by atoms with Gasteiger partial charge in [-0.15, -0.1) is 0 Å². The Labute approximate surface area is 184 Å². The predicted molar refractivity (Wildman–Crippen MR) is 119 cm³/mol. The topological polar surface area (TPSA) is 115 Å². The highest BCUT2D eigenvalue weighted by Crippen LogP contribution is 2.29. The number of aromatic nitrogens is 1. The summed E-state index contributed by atoms with van der Waals surface area (Å²) in [4.78, 5) is 37.8. The van der Waals surface area contributed by atoms with Crippen LogP contribution in [0, 0.1) is 5.92 Å². The van der Waals surface area contributed by atoms with E-state index in [1.165, 1.54) is 24.4 Å². The maximum absolute atomic E-state index is 12.8. The molecule has 4 aliphatic rings. The normalized spacial score (nSPS) is 24.4. The number of urea groups is 1. The van der Waals surface area contributed by atoms with E-state index in [1.807, 2.05) is 23.1 Å². The highest BCUT2D eigenvalue weighted by molar-refractivity contribution is 7.13. The Morgan fingerprint density at radius 1 is 1.16 bits per heavy atom. The van der Waals surface area contributed by atoms with Gasteiger partial charge < -0.3 is 25.5 Å². The van der Waals surface area contributed by atoms with Gasteiger partial charge >= 0.3 is 6.03 Å². The Bertz CT molecular complexity index is 950. The van der Waals surface area contributed by atoms with Gasteiger partial charge in [0, 0.05) is 36.7 Å². The van der Waals surface area contributed by atoms with Gasteiger partial charge in [-0.1, -0.05) is 0 Å². The predicted octanol–water partition coefficient (Wildman–Crippen LogP) is 2.45. The zero-order valence-corrected chi connectivity index (χ0v) is 18.1. The third kappa shape index (κ3) is 4.80. The van der Waals surface area contributed by atoms with Crippen molar-refractivity contribution in [1.82, 2.24) is 19.5 Å². The van der Waals surface area contributed by atoms with Crippen molar-refractivity contribution in [2.45, 2.75) is 31.7 Å². The van der Waals surface area contributed by atoms with Crippen molar-refractivity contribution in [2.75, 3.05) is 38.0 Å². The minimum absolute atomic E-state index is 0.0540. The fourth-order valence-electron chi connectivity index (χ4n) is 4.67. The molecular formula is C21H27N5O4S. The van der Waals surface area contributed by atoms with Gasteiger partial charge in [0.25, 0.3) is 12.4 Å². The Morgan fingerprint density at radius 2 is 1.87 bits per heavy atom. The molecule has 4 saturated heterocycles. The van der Waals surface area contributed by atoms with Crippen molar-refractivity contribution in [3.05, 3.63) is 23.9 Å². The molecule has 2 bridgehead atoms. The fraction of sp³-hybridized carbons (Fsp3) is 0.524. The van der Waals surface area contributed by atoms with Crippen molar-refractivity contribution >= 4 is 45.7 Å². The first kappa shape index (κ1) is 21.5. The van der Waals surface area contributed by atoms with Crippen LogP contribution in [0.3, 0.4) is 0 Å². The van der Waals surface area contributed by atoms with Crippen molar-refractivity contribution < 1.29 is 19.5 Å². The first-order valence-electron chi connectivity index (χ1n) is 10.7. The Balaban J connectivity index is 0.000000730. The minimum Gasteiger partial charge on any atom is -0.483 e. The molecule has 31 heavy (non-hydrogen) atoms. The Hall–Kier alpha value is -2.72. The third-order valence-corrected chi connectivity index (χ3v) is 7.11. The minimum atomic E-state index is -0.250. The monoisotopic (exact) mass is 445 g/mol. The van der Waals surface area contributed by atoms with E-state index in [1.54, 1.807) is 0 Å². The van der Waals surface area contributed by atoms with Crippen LogP contribution in [0.5, 0.6) is 0 Å². The molecule has 0 saturated carbocycles. The van der Waals surface area contributed by atoms with E-state index >= 15 is 0 Å². The van der Waals surface area contributed by atoms with Gasteiger partial charge in [-0.3, -0.25) is 9.59 Å². The fourth-order valence-corrected chi connectivity index (χ4v) is 5.48. The molecule has 0 aliphatic carbocycles. The molecule has 5 heterocycles. The van der Waals surface area contributed by atoms with E-state index < -0.39 is 0 Å². The highest BCUT2D eigenvalue weighted by Gasteiger charge is 2.35. The summed E-state index contributed by atoms with van der Waals surface area (Å²) in [6.45, 7) is 4.65. The smallest absolute Gasteiger partial charge is 0.321 e. The number of hydrogen-bond acceptors (Lipinski definition) is 6. The van der Waals surface area contributed by atoms with E-state index in [0.29, 0.717) is 11.6 Å². The molecular weight excluding hydrogens is 418 g/mol. The Kier molecular flexibility index (Phi) is 6.67. The number of fused-ring (bicyclic) bond motifs is 4. The van der Waals surface area contributed by atoms with Crippen LogP contribution in [0.1, 0.15) is 36.2 Å². The van der Waals surface area contributed by atoms with Crippen LogP contribution in [-0.2, 0) is 4.79 Å². The van der Waals surface area contributed by atoms with Crippen molar-refractivity contribution in [3.63, 3.8) is 0 Å². The van der Waals surface area contributed by atoms with Crippen LogP contribution in [0.4, 0.5) is 10.5 Å². The summed E-state index contributed by atoms with van der Waals surface area (Å²) in [7, 11) is 0. The molecule has 0 spiro atoms. The number of nitrogens with zero attached hydrogens (tertiary/aromatic N) is 3. The van der Waals surface area contributed by atoms with E-state index in [2.05, 4.69) is 19.9 Å². The van der Waals surface area contributed by atoms with Crippen molar-refractivity contribution in [2.24, 2.45) is 5.92 Å². The van der Waals surface area contributed by atoms with Gasteiger partial charge in [0.05, 0.1) is 4.70 Å². The van der Waals surface area contributed by atoms with E-state index in [0.717, 1.165) is 61.3 Å². The molecule has 2 aromatic rings. The first-order valence-corrected chi connectivity index (χ1v) is 11.4. The van der Waals surface area contributed by atoms with E-state index in [-0.39, 0.29) is 24.5 Å². The number of hydrogen-bond donors (Lipinski definition) is 3. The molecule has 1 aromatic carbocycles. The lowest BCUT2D eigenvalue weighted by Crippen LogP contribution is -2.57. The molecule has 10 heteroatoms. The molecule has 166 valence electrons. The number of amides is 3. The summed E-state index contributed by atoms with van der Waals surface area (Å²) >= 11 is 1.31. The second kappa shape index (κ2) is 9.61. The molecule has 0 radical (unpaired) electrons. The first-order chi connectivity index (χ1) is 15.1. The number of piperidine rings is 3. The lowest BCUT2D eigenvalue weighted by molar-refractivity contribution is -0.122. The zero-order valence-electron chi connectivity index (χ0n) is 17.2. The lowest BCUT2D eigenvalue weighted by atomic mass is 9.84. The second-order valence-electron chi connectivity index (χ2n) is 8.19. The number of nitrogens with one attached hydrogen (secondary N) is 2. The average molecular weight is 446 g/mol. The van der Waals surface area contributed by atoms with Crippen LogP contribution < -0.4 is 10.6 Å². The zero-order chi connectivity index (χ0) is 21.8. The molecule has 6 rings (SSSR count). The SMILES string of the molecule is O=C(N[C@@H]1CN2CCC1CC2)c1nsc2cc(NC(=O)N3CCCC3)ccc12.O=CO. The van der Waals surface area contributed by atoms with Crippen molar-refractivity contribution in [3.8, 4) is 0 Å². The maximum Gasteiger partial charge on any atom is 0.321 e. The molecule has 0 unspecified atom stereocenters. The number of carboxylic acid groups (broad SMARTS) is 1.